The fraction of sp³-hybridized carbons (Fsp3) is 0.0500. The van der Waals surface area contributed by atoms with E-state index in [0.717, 1.165) is 5.56 Å². The molecular weight excluding hydrogens is 362 g/mol. The van der Waals surface area contributed by atoms with E-state index >= 15 is 0 Å². The zero-order valence-electron chi connectivity index (χ0n) is 14.5. The smallest absolute Gasteiger partial charge is 0.305 e. The van der Waals surface area contributed by atoms with Crippen molar-refractivity contribution in [1.82, 2.24) is 10.9 Å². The van der Waals surface area contributed by atoms with Gasteiger partial charge in [-0.2, -0.15) is 5.26 Å². The average Bonchev–Trinajstić information content (AvgIpc) is 3.17. The van der Waals surface area contributed by atoms with E-state index in [-0.39, 0.29) is 28.2 Å². The van der Waals surface area contributed by atoms with Gasteiger partial charge in [0, 0.05) is 16.7 Å². The van der Waals surface area contributed by atoms with Crippen LogP contribution in [0.3, 0.4) is 0 Å². The summed E-state index contributed by atoms with van der Waals surface area (Å²) in [5, 5.41) is 28.0. The number of carbonyl (C=O) groups excluding carboxylic acids is 2. The van der Waals surface area contributed by atoms with Gasteiger partial charge in [-0.3, -0.25) is 20.4 Å². The molecule has 0 aliphatic rings. The fourth-order valence-corrected chi connectivity index (χ4v) is 2.60. The van der Waals surface area contributed by atoms with Crippen molar-refractivity contribution in [3.63, 3.8) is 0 Å². The second-order valence-corrected chi connectivity index (χ2v) is 5.73. The van der Waals surface area contributed by atoms with E-state index in [0.29, 0.717) is 5.56 Å². The number of nitrogens with zero attached hydrogens (tertiary/aromatic N) is 1. The average molecular weight is 377 g/mol. The number of carbonyl (C=O) groups is 2. The summed E-state index contributed by atoms with van der Waals surface area (Å²) in [5.74, 6) is -1.83. The topological polar surface area (TPSA) is 136 Å². The van der Waals surface area contributed by atoms with Crippen molar-refractivity contribution in [2.45, 2.75) is 6.61 Å². The van der Waals surface area contributed by atoms with Gasteiger partial charge in [0.2, 0.25) is 0 Å². The molecule has 0 aliphatic carbocycles. The van der Waals surface area contributed by atoms with Crippen LogP contribution in [0.25, 0.3) is 11.1 Å². The van der Waals surface area contributed by atoms with Gasteiger partial charge in [0.15, 0.2) is 5.76 Å². The van der Waals surface area contributed by atoms with Crippen LogP contribution in [0.1, 0.15) is 32.0 Å². The Kier molecular flexibility index (Phi) is 5.39. The molecule has 1 aromatic heterocycles. The third-order valence-electron chi connectivity index (χ3n) is 4.01. The van der Waals surface area contributed by atoms with E-state index in [1.165, 1.54) is 24.5 Å². The van der Waals surface area contributed by atoms with E-state index in [1.807, 2.05) is 30.3 Å². The standard InChI is InChI=1S/C20H15N3O5/c21-9-14-8-13(6-7-17(14)25)19(26)22-23-20(27)18-15(10-24)16(11-28-18)12-4-2-1-3-5-12/h1-8,11,24-25H,10H2,(H,22,26)(H,23,27). The van der Waals surface area contributed by atoms with E-state index in [9.17, 15) is 19.8 Å². The van der Waals surface area contributed by atoms with E-state index in [2.05, 4.69) is 10.9 Å². The lowest BCUT2D eigenvalue weighted by Gasteiger charge is -2.08. The second kappa shape index (κ2) is 8.07. The normalized spacial score (nSPS) is 10.1. The number of aliphatic hydroxyl groups is 1. The molecular formula is C20H15N3O5. The predicted molar refractivity (Wildman–Crippen MR) is 97.8 cm³/mol. The monoisotopic (exact) mass is 377 g/mol. The Bertz CT molecular complexity index is 1070. The van der Waals surface area contributed by atoms with E-state index in [1.54, 1.807) is 6.07 Å². The van der Waals surface area contributed by atoms with Gasteiger partial charge in [0.1, 0.15) is 11.8 Å². The summed E-state index contributed by atoms with van der Waals surface area (Å²) >= 11 is 0. The number of benzene rings is 2. The van der Waals surface area contributed by atoms with Crippen LogP contribution in [0.2, 0.25) is 0 Å². The first kappa shape index (κ1) is 18.7. The molecule has 4 N–H and O–H groups in total. The Morgan fingerprint density at radius 2 is 1.79 bits per heavy atom. The second-order valence-electron chi connectivity index (χ2n) is 5.73. The van der Waals surface area contributed by atoms with Crippen LogP contribution in [-0.2, 0) is 6.61 Å². The van der Waals surface area contributed by atoms with Crippen LogP contribution < -0.4 is 10.9 Å². The van der Waals surface area contributed by atoms with Crippen molar-refractivity contribution < 1.29 is 24.2 Å². The van der Waals surface area contributed by atoms with Gasteiger partial charge >= 0.3 is 5.91 Å². The molecule has 28 heavy (non-hydrogen) atoms. The number of hydrogen-bond donors (Lipinski definition) is 4. The Morgan fingerprint density at radius 1 is 1.07 bits per heavy atom. The maximum absolute atomic E-state index is 12.4. The number of aromatic hydroxyl groups is 1. The molecule has 8 nitrogen and oxygen atoms in total. The molecule has 2 aromatic carbocycles. The number of hydrazine groups is 1. The van der Waals surface area contributed by atoms with Crippen molar-refractivity contribution in [1.29, 1.82) is 5.26 Å². The number of hydrogen-bond acceptors (Lipinski definition) is 6. The molecule has 0 atom stereocenters. The number of furan rings is 1. The van der Waals surface area contributed by atoms with Crippen LogP contribution >= 0.6 is 0 Å². The number of rotatable bonds is 4. The summed E-state index contributed by atoms with van der Waals surface area (Å²) in [6, 6.07) is 14.5. The molecule has 0 fully saturated rings. The largest absolute Gasteiger partial charge is 0.507 e. The number of nitriles is 1. The lowest BCUT2D eigenvalue weighted by molar-refractivity contribution is 0.0828. The number of phenolic OH excluding ortho intramolecular Hbond substituents is 1. The van der Waals surface area contributed by atoms with Crippen molar-refractivity contribution in [3.05, 3.63) is 77.2 Å². The quantitative estimate of drug-likeness (QED) is 0.514. The minimum atomic E-state index is -0.751. The van der Waals surface area contributed by atoms with E-state index in [4.69, 9.17) is 9.68 Å². The summed E-state index contributed by atoms with van der Waals surface area (Å²) in [6.07, 6.45) is 1.36. The van der Waals surface area contributed by atoms with Gasteiger partial charge in [0.25, 0.3) is 5.91 Å². The molecule has 0 radical (unpaired) electrons. The molecule has 2 amide bonds. The SMILES string of the molecule is N#Cc1cc(C(=O)NNC(=O)c2occ(-c3ccccc3)c2CO)ccc1O. The minimum Gasteiger partial charge on any atom is -0.507 e. The van der Waals surface area contributed by atoms with Gasteiger partial charge < -0.3 is 14.6 Å². The van der Waals surface area contributed by atoms with Crippen LogP contribution in [0.15, 0.2) is 59.2 Å². The van der Waals surface area contributed by atoms with Crippen LogP contribution in [0, 0.1) is 11.3 Å². The van der Waals surface area contributed by atoms with Crippen molar-refractivity contribution >= 4 is 11.8 Å². The first-order valence-corrected chi connectivity index (χ1v) is 8.15. The van der Waals surface area contributed by atoms with Crippen LogP contribution in [0.5, 0.6) is 5.75 Å². The molecule has 0 saturated heterocycles. The predicted octanol–water partition coefficient (Wildman–Crippen LogP) is 2.09. The van der Waals surface area contributed by atoms with Crippen molar-refractivity contribution in [2.75, 3.05) is 0 Å². The maximum atomic E-state index is 12.4. The Balaban J connectivity index is 1.74. The van der Waals surface area contributed by atoms with Crippen LogP contribution in [-0.4, -0.2) is 22.0 Å². The van der Waals surface area contributed by atoms with Gasteiger partial charge in [0.05, 0.1) is 18.4 Å². The van der Waals surface area contributed by atoms with Gasteiger partial charge in [-0.15, -0.1) is 0 Å². The fourth-order valence-electron chi connectivity index (χ4n) is 2.60. The molecule has 0 unspecified atom stereocenters. The van der Waals surface area contributed by atoms with Gasteiger partial charge in [-0.1, -0.05) is 30.3 Å². The first-order valence-electron chi connectivity index (χ1n) is 8.15. The molecule has 0 bridgehead atoms. The highest BCUT2D eigenvalue weighted by Gasteiger charge is 2.21. The molecule has 0 aliphatic heterocycles. The highest BCUT2D eigenvalue weighted by atomic mass is 16.3. The summed E-state index contributed by atoms with van der Waals surface area (Å²) in [7, 11) is 0. The zero-order chi connectivity index (χ0) is 20.1. The van der Waals surface area contributed by atoms with Gasteiger partial charge in [-0.05, 0) is 23.8 Å². The van der Waals surface area contributed by atoms with Gasteiger partial charge in [-0.25, -0.2) is 0 Å². The molecule has 3 rings (SSSR count). The first-order chi connectivity index (χ1) is 13.5. The number of phenols is 1. The maximum Gasteiger partial charge on any atom is 0.305 e. The highest BCUT2D eigenvalue weighted by Crippen LogP contribution is 2.28. The highest BCUT2D eigenvalue weighted by molar-refractivity contribution is 5.99. The number of nitrogens with one attached hydrogen (secondary N) is 2. The molecule has 0 saturated carbocycles. The molecule has 8 heteroatoms. The third kappa shape index (κ3) is 3.70. The number of amides is 2. The molecule has 0 spiro atoms. The summed E-state index contributed by atoms with van der Waals surface area (Å²) < 4.78 is 5.29. The number of aliphatic hydroxyl groups excluding tert-OH is 1. The summed E-state index contributed by atoms with van der Waals surface area (Å²) in [6.45, 7) is -0.430. The summed E-state index contributed by atoms with van der Waals surface area (Å²) in [5.41, 5.74) is 6.02. The third-order valence-corrected chi connectivity index (χ3v) is 4.01. The molecule has 3 aromatic rings. The Hall–Kier alpha value is -4.09. The lowest BCUT2D eigenvalue weighted by Crippen LogP contribution is -2.41. The van der Waals surface area contributed by atoms with Crippen LogP contribution in [0.4, 0.5) is 0 Å². The Morgan fingerprint density at radius 3 is 2.46 bits per heavy atom. The van der Waals surface area contributed by atoms with Crippen molar-refractivity contribution in [2.24, 2.45) is 0 Å². The zero-order valence-corrected chi connectivity index (χ0v) is 14.5. The van der Waals surface area contributed by atoms with Crippen molar-refractivity contribution in [3.8, 4) is 22.9 Å². The lowest BCUT2D eigenvalue weighted by atomic mass is 10.0. The molecule has 1 heterocycles. The van der Waals surface area contributed by atoms with E-state index < -0.39 is 18.4 Å². The summed E-state index contributed by atoms with van der Waals surface area (Å²) in [4.78, 5) is 24.5. The molecule has 140 valence electrons. The minimum absolute atomic E-state index is 0.0694. The Labute approximate surface area is 159 Å².